The quantitative estimate of drug-likeness (QED) is 0.0598. The predicted octanol–water partition coefficient (Wildman–Crippen LogP) is 9.22. The summed E-state index contributed by atoms with van der Waals surface area (Å²) in [5.74, 6) is -0.825. The van der Waals surface area contributed by atoms with Crippen LogP contribution in [0, 0.1) is 0 Å². The van der Waals surface area contributed by atoms with E-state index in [9.17, 15) is 35.5 Å². The van der Waals surface area contributed by atoms with Crippen LogP contribution in [0.5, 0.6) is 0 Å². The number of hydrogen-bond donors (Lipinski definition) is 4. The number of rotatable bonds is 14. The maximum absolute atomic E-state index is 13.7. The Bertz CT molecular complexity index is 2930. The molecule has 0 radical (unpaired) electrons. The van der Waals surface area contributed by atoms with E-state index in [0.29, 0.717) is 130 Å². The van der Waals surface area contributed by atoms with Gasteiger partial charge in [0.05, 0.1) is 51.5 Å². The van der Waals surface area contributed by atoms with Crippen molar-refractivity contribution in [3.05, 3.63) is 99.1 Å². The summed E-state index contributed by atoms with van der Waals surface area (Å²) in [4.78, 5) is 30.6. The fourth-order valence-corrected chi connectivity index (χ4v) is 15.6. The first-order chi connectivity index (χ1) is 30.2. The van der Waals surface area contributed by atoms with E-state index in [0.717, 1.165) is 22.7 Å². The zero-order valence-electron chi connectivity index (χ0n) is 33.0. The number of halogens is 6. The second kappa shape index (κ2) is 18.6. The van der Waals surface area contributed by atoms with E-state index in [1.54, 1.807) is 36.4 Å². The predicted molar refractivity (Wildman–Crippen MR) is 255 cm³/mol. The van der Waals surface area contributed by atoms with Crippen molar-refractivity contribution in [1.29, 1.82) is 0 Å². The molecule has 4 N–H and O–H groups in total. The van der Waals surface area contributed by atoms with Gasteiger partial charge < -0.3 is 15.5 Å². The molecule has 64 heavy (non-hydrogen) atoms. The van der Waals surface area contributed by atoms with Gasteiger partial charge in [0.25, 0.3) is 11.8 Å². The number of fused-ring (bicyclic) bond motifs is 6. The van der Waals surface area contributed by atoms with Crippen LogP contribution in [-0.4, -0.2) is 95.4 Å². The summed E-state index contributed by atoms with van der Waals surface area (Å²) >= 11 is 34.0. The maximum Gasteiger partial charge on any atom is 0.305 e. The topological polar surface area (TPSA) is 206 Å². The first-order valence-corrected chi connectivity index (χ1v) is 26.8. The van der Waals surface area contributed by atoms with E-state index in [1.807, 2.05) is 7.05 Å². The summed E-state index contributed by atoms with van der Waals surface area (Å²) in [6.07, 6.45) is 2.75. The molecule has 0 atom stereocenters. The Morgan fingerprint density at radius 3 is 1.42 bits per heavy atom. The van der Waals surface area contributed by atoms with Crippen LogP contribution >= 0.6 is 101 Å². The second-order valence-electron chi connectivity index (χ2n) is 14.9. The third kappa shape index (κ3) is 9.22. The smallest absolute Gasteiger partial charge is 0.305 e. The molecule has 0 unspecified atom stereocenters. The molecule has 0 saturated carbocycles. The zero-order valence-corrected chi connectivity index (χ0v) is 42.5. The van der Waals surface area contributed by atoms with Crippen LogP contribution in [0.3, 0.4) is 0 Å². The third-order valence-electron chi connectivity index (χ3n) is 10.7. The van der Waals surface area contributed by atoms with Gasteiger partial charge >= 0.3 is 20.2 Å². The van der Waals surface area contributed by atoms with Gasteiger partial charge in [0.2, 0.25) is 0 Å². The Hall–Kier alpha value is -2.90. The Morgan fingerprint density at radius 1 is 0.688 bits per heavy atom. The monoisotopic (exact) mass is 1150 g/mol. The molecule has 2 aliphatic carbocycles. The molecule has 25 heteroatoms. The van der Waals surface area contributed by atoms with Crippen molar-refractivity contribution in [2.24, 2.45) is 0 Å². The van der Waals surface area contributed by atoms with Crippen molar-refractivity contribution in [2.75, 3.05) is 33.2 Å². The molecule has 4 heterocycles. The highest BCUT2D eigenvalue weighted by molar-refractivity contribution is 9.11. The molecule has 15 nitrogen and oxygen atoms in total. The van der Waals surface area contributed by atoms with Crippen molar-refractivity contribution in [1.82, 2.24) is 35.1 Å². The molecule has 2 amide bonds. The standard InChI is InChI=1S/C39H33Br2Cl4N7O8S4/c1-50(14-2-12-46-36(53)30-22-8-6-20-28(40)38(63(55,56)57)61-34(20)32(22)51(48-30)26-10-4-18(42)16-24(26)44)15-3-13-47-37(54)31-23-9-7-21-29(41)39(64(58,59)60)62-35(21)33(23)52(49-31)27-11-5-19(43)17-25(27)45/h4-5,10-11,16-17H,2-3,6-9,12-15H2,1H3,(H,46,53)(H,47,54)(H,55,56,57)(H,58,59,60). The van der Waals surface area contributed by atoms with Crippen molar-refractivity contribution in [2.45, 2.75) is 46.9 Å². The van der Waals surface area contributed by atoms with Gasteiger partial charge in [-0.15, -0.1) is 22.7 Å². The van der Waals surface area contributed by atoms with Crippen LogP contribution in [-0.2, 0) is 45.9 Å². The largest absolute Gasteiger partial charge is 0.351 e. The van der Waals surface area contributed by atoms with E-state index in [-0.39, 0.29) is 38.8 Å². The lowest BCUT2D eigenvalue weighted by molar-refractivity contribution is 0.0939. The van der Waals surface area contributed by atoms with Crippen LogP contribution in [0.2, 0.25) is 20.1 Å². The van der Waals surface area contributed by atoms with E-state index >= 15 is 0 Å². The average Bonchev–Trinajstić information content (AvgIpc) is 3.98. The number of hydrogen-bond acceptors (Lipinski definition) is 11. The Balaban J connectivity index is 0.905. The molecule has 0 bridgehead atoms. The van der Waals surface area contributed by atoms with Gasteiger partial charge in [-0.05, 0) is 138 Å². The summed E-state index contributed by atoms with van der Waals surface area (Å²) in [5, 5.41) is 16.6. The molecular weight excluding hydrogens is 1120 g/mol. The second-order valence-corrected chi connectivity index (χ2v) is 23.4. The molecule has 0 saturated heterocycles. The minimum Gasteiger partial charge on any atom is -0.351 e. The Morgan fingerprint density at radius 2 is 1.06 bits per heavy atom. The van der Waals surface area contributed by atoms with E-state index in [2.05, 4.69) is 57.6 Å². The number of carbonyl (C=O) groups is 2. The highest BCUT2D eigenvalue weighted by Gasteiger charge is 2.37. The fourth-order valence-electron chi connectivity index (χ4n) is 7.75. The minimum atomic E-state index is -4.54. The number of carbonyl (C=O) groups excluding carboxylic acids is 2. The summed E-state index contributed by atoms with van der Waals surface area (Å²) in [6, 6.07) is 9.67. The first kappa shape index (κ1) is 47.6. The number of nitrogens with zero attached hydrogens (tertiary/aromatic N) is 5. The molecule has 2 aromatic carbocycles. The van der Waals surface area contributed by atoms with Crippen LogP contribution in [0.15, 0.2) is 53.8 Å². The van der Waals surface area contributed by atoms with Crippen LogP contribution in [0.1, 0.15) is 56.1 Å². The molecule has 0 spiro atoms. The molecular formula is C39H33Br2Cl4N7O8S4. The average molecular weight is 1160 g/mol. The summed E-state index contributed by atoms with van der Waals surface area (Å²) in [5.41, 5.74) is 4.78. The van der Waals surface area contributed by atoms with E-state index < -0.39 is 32.1 Å². The number of amides is 2. The highest BCUT2D eigenvalue weighted by Crippen LogP contribution is 2.50. The SMILES string of the molecule is CN(CCCNC(=O)c1nn(-c2ccc(Cl)cc2Cl)c2c1CCc1c-2sc(S(=O)(=O)O)c1Br)CCCNC(=O)c1nn(-c2ccc(Cl)cc2Cl)c2c1CCc1c-2sc(S(=O)(=O)O)c1Br. The molecule has 6 aromatic rings. The van der Waals surface area contributed by atoms with E-state index in [1.165, 1.54) is 9.36 Å². The van der Waals surface area contributed by atoms with Crippen molar-refractivity contribution in [3.8, 4) is 32.5 Å². The molecule has 2 aliphatic rings. The van der Waals surface area contributed by atoms with Gasteiger partial charge in [0, 0.05) is 34.3 Å². The summed E-state index contributed by atoms with van der Waals surface area (Å²) in [7, 11) is -7.14. The minimum absolute atomic E-state index is 0.169. The number of aromatic nitrogens is 4. The maximum atomic E-state index is 13.7. The normalized spacial score (nSPS) is 13.4. The summed E-state index contributed by atoms with van der Waals surface area (Å²) in [6.45, 7) is 1.89. The van der Waals surface area contributed by atoms with Gasteiger partial charge in [0.15, 0.2) is 19.8 Å². The van der Waals surface area contributed by atoms with Gasteiger partial charge in [-0.3, -0.25) is 18.7 Å². The first-order valence-electron chi connectivity index (χ1n) is 19.2. The molecule has 8 rings (SSSR count). The molecule has 338 valence electrons. The lowest BCUT2D eigenvalue weighted by Crippen LogP contribution is -2.31. The number of benzene rings is 2. The van der Waals surface area contributed by atoms with Crippen molar-refractivity contribution >= 4 is 133 Å². The van der Waals surface area contributed by atoms with Crippen molar-refractivity contribution < 1.29 is 35.5 Å². The summed E-state index contributed by atoms with van der Waals surface area (Å²) < 4.78 is 71.8. The zero-order chi connectivity index (χ0) is 46.0. The molecule has 4 aromatic heterocycles. The molecule has 0 fully saturated rings. The van der Waals surface area contributed by atoms with Crippen LogP contribution in [0.25, 0.3) is 32.5 Å². The van der Waals surface area contributed by atoms with Crippen LogP contribution in [0.4, 0.5) is 0 Å². The van der Waals surface area contributed by atoms with Crippen LogP contribution < -0.4 is 10.6 Å². The van der Waals surface area contributed by atoms with Crippen molar-refractivity contribution in [3.63, 3.8) is 0 Å². The lowest BCUT2D eigenvalue weighted by atomic mass is 9.94. The van der Waals surface area contributed by atoms with Gasteiger partial charge in [-0.2, -0.15) is 27.0 Å². The molecule has 0 aliphatic heterocycles. The Labute approximate surface area is 411 Å². The third-order valence-corrected chi connectivity index (χ3v) is 19.7. The number of nitrogens with one attached hydrogen (secondary N) is 2. The lowest BCUT2D eigenvalue weighted by Gasteiger charge is -2.17. The van der Waals surface area contributed by atoms with Gasteiger partial charge in [0.1, 0.15) is 0 Å². The number of thiophene rings is 2. The van der Waals surface area contributed by atoms with Gasteiger partial charge in [-0.25, -0.2) is 9.36 Å². The van der Waals surface area contributed by atoms with Gasteiger partial charge in [-0.1, -0.05) is 46.4 Å². The Kier molecular flexibility index (Phi) is 13.9. The fraction of sp³-hybridized carbons (Fsp3) is 0.282. The van der Waals surface area contributed by atoms with E-state index in [4.69, 9.17) is 46.4 Å². The highest BCUT2D eigenvalue weighted by atomic mass is 79.9.